The molecule has 1 saturated heterocycles. The molecular weight excluding hydrogens is 394 g/mol. The van der Waals surface area contributed by atoms with Crippen LogP contribution in [0.1, 0.15) is 50.7 Å². The van der Waals surface area contributed by atoms with Crippen LogP contribution in [0, 0.1) is 0 Å². The molecule has 2 aromatic carbocycles. The fourth-order valence-corrected chi connectivity index (χ4v) is 4.75. The molecule has 2 aliphatic rings. The topological polar surface area (TPSA) is 76.1 Å². The molecular formula is C25H29NO5. The van der Waals surface area contributed by atoms with Crippen LogP contribution < -0.4 is 0 Å². The predicted octanol–water partition coefficient (Wildman–Crippen LogP) is 4.67. The lowest BCUT2D eigenvalue weighted by atomic mass is 9.98. The molecule has 1 fully saturated rings. The molecule has 0 radical (unpaired) electrons. The maximum atomic E-state index is 13.0. The maximum Gasteiger partial charge on any atom is 0.410 e. The van der Waals surface area contributed by atoms with Gasteiger partial charge < -0.3 is 19.5 Å². The van der Waals surface area contributed by atoms with Crippen LogP contribution in [0.5, 0.6) is 0 Å². The minimum Gasteiger partial charge on any atom is -0.481 e. The number of ether oxygens (including phenoxy) is 2. The summed E-state index contributed by atoms with van der Waals surface area (Å²) in [7, 11) is 0. The molecule has 0 saturated carbocycles. The number of aliphatic carboxylic acids is 1. The highest BCUT2D eigenvalue weighted by Crippen LogP contribution is 2.44. The van der Waals surface area contributed by atoms with Crippen molar-refractivity contribution in [3.05, 3.63) is 59.7 Å². The van der Waals surface area contributed by atoms with E-state index in [2.05, 4.69) is 24.3 Å². The van der Waals surface area contributed by atoms with Gasteiger partial charge in [-0.25, -0.2) is 4.79 Å². The van der Waals surface area contributed by atoms with E-state index in [1.807, 2.05) is 45.0 Å². The summed E-state index contributed by atoms with van der Waals surface area (Å²) < 4.78 is 11.8. The SMILES string of the molecule is CC(C)(C)O[C@H]1C[C@@H](CC(=O)O)N(C(=O)OCC2c3ccccc3-c3ccccc32)C1. The number of nitrogens with zero attached hydrogens (tertiary/aromatic N) is 1. The Morgan fingerprint density at radius 2 is 1.61 bits per heavy atom. The number of carboxylic acids is 1. The van der Waals surface area contributed by atoms with Crippen LogP contribution in [0.2, 0.25) is 0 Å². The van der Waals surface area contributed by atoms with Crippen molar-refractivity contribution < 1.29 is 24.2 Å². The summed E-state index contributed by atoms with van der Waals surface area (Å²) in [5.74, 6) is -0.962. The fraction of sp³-hybridized carbons (Fsp3) is 0.440. The molecule has 1 amide bonds. The number of hydrogen-bond acceptors (Lipinski definition) is 4. The summed E-state index contributed by atoms with van der Waals surface area (Å²) in [6, 6.07) is 15.9. The van der Waals surface area contributed by atoms with E-state index in [0.29, 0.717) is 13.0 Å². The molecule has 0 bridgehead atoms. The van der Waals surface area contributed by atoms with E-state index in [0.717, 1.165) is 11.1 Å². The van der Waals surface area contributed by atoms with Gasteiger partial charge in [0.2, 0.25) is 0 Å². The second-order valence-electron chi connectivity index (χ2n) is 9.30. The van der Waals surface area contributed by atoms with Gasteiger partial charge in [-0.3, -0.25) is 4.79 Å². The summed E-state index contributed by atoms with van der Waals surface area (Å²) >= 11 is 0. The van der Waals surface area contributed by atoms with E-state index in [9.17, 15) is 14.7 Å². The van der Waals surface area contributed by atoms with Crippen LogP contribution in [0.4, 0.5) is 4.79 Å². The minimum atomic E-state index is -0.933. The lowest BCUT2D eigenvalue weighted by molar-refractivity contribution is -0.138. The monoisotopic (exact) mass is 423 g/mol. The van der Waals surface area contributed by atoms with Crippen LogP contribution in [0.15, 0.2) is 48.5 Å². The smallest absolute Gasteiger partial charge is 0.410 e. The van der Waals surface area contributed by atoms with Crippen molar-refractivity contribution in [1.29, 1.82) is 0 Å². The van der Waals surface area contributed by atoms with Crippen LogP contribution in [0.3, 0.4) is 0 Å². The van der Waals surface area contributed by atoms with Crippen molar-refractivity contribution in [2.45, 2.75) is 57.3 Å². The van der Waals surface area contributed by atoms with Gasteiger partial charge in [0.15, 0.2) is 0 Å². The molecule has 4 rings (SSSR count). The molecule has 1 aliphatic carbocycles. The Kier molecular flexibility index (Phi) is 5.75. The lowest BCUT2D eigenvalue weighted by Crippen LogP contribution is -2.38. The van der Waals surface area contributed by atoms with Gasteiger partial charge in [-0.05, 0) is 49.4 Å². The zero-order chi connectivity index (χ0) is 22.2. The Balaban J connectivity index is 1.48. The van der Waals surface area contributed by atoms with E-state index in [1.165, 1.54) is 16.0 Å². The van der Waals surface area contributed by atoms with Crippen molar-refractivity contribution in [2.75, 3.05) is 13.2 Å². The Bertz CT molecular complexity index is 934. The zero-order valence-electron chi connectivity index (χ0n) is 18.2. The van der Waals surface area contributed by atoms with E-state index in [4.69, 9.17) is 9.47 Å². The van der Waals surface area contributed by atoms with Gasteiger partial charge in [-0.15, -0.1) is 0 Å². The number of hydrogen-bond donors (Lipinski definition) is 1. The molecule has 31 heavy (non-hydrogen) atoms. The third-order valence-corrected chi connectivity index (χ3v) is 5.88. The number of amides is 1. The minimum absolute atomic E-state index is 0.0292. The standard InChI is InChI=1S/C25H29NO5/c1-25(2,3)31-17-12-16(13-23(27)28)26(14-17)24(29)30-15-22-20-10-6-4-8-18(20)19-9-5-7-11-21(19)22/h4-11,16-17,22H,12-15H2,1-3H3,(H,27,28)/t16-,17-/m0/s1. The number of likely N-dealkylation sites (tertiary alicyclic amines) is 1. The summed E-state index contributed by atoms with van der Waals surface area (Å²) in [4.78, 5) is 25.8. The summed E-state index contributed by atoms with van der Waals surface area (Å²) in [6.07, 6.45) is -0.306. The number of rotatable bonds is 5. The highest BCUT2D eigenvalue weighted by Gasteiger charge is 2.40. The number of carboxylic acid groups (broad SMARTS) is 1. The first-order valence-corrected chi connectivity index (χ1v) is 10.7. The summed E-state index contributed by atoms with van der Waals surface area (Å²) in [5.41, 5.74) is 4.27. The second-order valence-corrected chi connectivity index (χ2v) is 9.30. The Labute approximate surface area is 182 Å². The summed E-state index contributed by atoms with van der Waals surface area (Å²) in [6.45, 7) is 6.42. The molecule has 0 aromatic heterocycles. The first kappa shape index (κ1) is 21.4. The highest BCUT2D eigenvalue weighted by atomic mass is 16.6. The molecule has 2 atom stereocenters. The summed E-state index contributed by atoms with van der Waals surface area (Å²) in [5, 5.41) is 9.29. The van der Waals surface area contributed by atoms with Gasteiger partial charge >= 0.3 is 12.1 Å². The molecule has 6 nitrogen and oxygen atoms in total. The number of fused-ring (bicyclic) bond motifs is 3. The highest BCUT2D eigenvalue weighted by molar-refractivity contribution is 5.79. The van der Waals surface area contributed by atoms with Crippen LogP contribution in [-0.4, -0.2) is 53.0 Å². The third-order valence-electron chi connectivity index (χ3n) is 5.88. The molecule has 2 aromatic rings. The van der Waals surface area contributed by atoms with Crippen molar-refractivity contribution in [3.63, 3.8) is 0 Å². The first-order valence-electron chi connectivity index (χ1n) is 10.7. The molecule has 0 unspecified atom stereocenters. The van der Waals surface area contributed by atoms with Gasteiger partial charge in [0, 0.05) is 12.0 Å². The first-order chi connectivity index (χ1) is 14.7. The van der Waals surface area contributed by atoms with E-state index >= 15 is 0 Å². The largest absolute Gasteiger partial charge is 0.481 e. The third kappa shape index (κ3) is 4.59. The van der Waals surface area contributed by atoms with Gasteiger partial charge in [0.1, 0.15) is 6.61 Å². The fourth-order valence-electron chi connectivity index (χ4n) is 4.75. The maximum absolute atomic E-state index is 13.0. The molecule has 1 N–H and O–H groups in total. The molecule has 1 heterocycles. The zero-order valence-corrected chi connectivity index (χ0v) is 18.2. The molecule has 1 aliphatic heterocycles. The quantitative estimate of drug-likeness (QED) is 0.756. The number of benzene rings is 2. The Morgan fingerprint density at radius 1 is 1.03 bits per heavy atom. The van der Waals surface area contributed by atoms with Gasteiger partial charge in [0.05, 0.1) is 24.7 Å². The van der Waals surface area contributed by atoms with Gasteiger partial charge in [-0.2, -0.15) is 0 Å². The van der Waals surface area contributed by atoms with Crippen LogP contribution in [-0.2, 0) is 14.3 Å². The Morgan fingerprint density at radius 3 is 2.16 bits per heavy atom. The van der Waals surface area contributed by atoms with Crippen LogP contribution in [0.25, 0.3) is 11.1 Å². The van der Waals surface area contributed by atoms with Crippen molar-refractivity contribution >= 4 is 12.1 Å². The average Bonchev–Trinajstić information content (AvgIpc) is 3.23. The average molecular weight is 424 g/mol. The van der Waals surface area contributed by atoms with E-state index in [-0.39, 0.29) is 30.7 Å². The molecule has 164 valence electrons. The molecule has 6 heteroatoms. The number of carbonyl (C=O) groups excluding carboxylic acids is 1. The van der Waals surface area contributed by atoms with E-state index < -0.39 is 18.1 Å². The van der Waals surface area contributed by atoms with Gasteiger partial charge in [-0.1, -0.05) is 48.5 Å². The van der Waals surface area contributed by atoms with E-state index in [1.54, 1.807) is 0 Å². The second kappa shape index (κ2) is 8.35. The molecule has 0 spiro atoms. The number of carbonyl (C=O) groups is 2. The lowest BCUT2D eigenvalue weighted by Gasteiger charge is -2.25. The van der Waals surface area contributed by atoms with Crippen molar-refractivity contribution in [1.82, 2.24) is 4.90 Å². The van der Waals surface area contributed by atoms with Crippen LogP contribution >= 0.6 is 0 Å². The van der Waals surface area contributed by atoms with Gasteiger partial charge in [0.25, 0.3) is 0 Å². The Hall–Kier alpha value is -2.86. The predicted molar refractivity (Wildman–Crippen MR) is 117 cm³/mol. The normalized spacial score (nSPS) is 20.4. The van der Waals surface area contributed by atoms with Crippen molar-refractivity contribution in [2.24, 2.45) is 0 Å². The van der Waals surface area contributed by atoms with Crippen molar-refractivity contribution in [3.8, 4) is 11.1 Å².